The Hall–Kier alpha value is -1.55. The van der Waals surface area contributed by atoms with Crippen LogP contribution in [-0.2, 0) is 32.7 Å². The zero-order valence-corrected chi connectivity index (χ0v) is 39.6. The molecule has 3 atom stereocenters. The average Bonchev–Trinajstić information content (AvgIpc) is 3.24. The molecule has 0 aliphatic heterocycles. The van der Waals surface area contributed by atoms with Crippen LogP contribution < -0.4 is 0 Å². The minimum absolute atomic E-state index is 0.182. The molecule has 10 nitrogen and oxygen atoms in total. The lowest BCUT2D eigenvalue weighted by atomic mass is 10.0. The molecule has 0 spiro atoms. The number of aliphatic hydroxyl groups excluding tert-OH is 2. The summed E-state index contributed by atoms with van der Waals surface area (Å²) in [5, 5.41) is 18.4. The number of hydrogen-bond acceptors (Lipinski definition) is 9. The molecule has 0 aliphatic rings. The molecule has 0 aliphatic carbocycles. The van der Waals surface area contributed by atoms with Crippen LogP contribution in [0.1, 0.15) is 239 Å². The zero-order valence-electron chi connectivity index (χ0n) is 38.7. The van der Waals surface area contributed by atoms with Crippen LogP contribution >= 0.6 is 7.82 Å². The number of allylic oxidation sites excluding steroid dienone is 4. The van der Waals surface area contributed by atoms with Gasteiger partial charge in [-0.25, -0.2) is 4.57 Å². The third-order valence-corrected chi connectivity index (χ3v) is 11.8. The normalized spacial score (nSPS) is 13.9. The second kappa shape index (κ2) is 45.5. The van der Waals surface area contributed by atoms with Crippen molar-refractivity contribution in [3.8, 4) is 0 Å². The molecule has 0 saturated heterocycles. The summed E-state index contributed by atoms with van der Waals surface area (Å²) in [5.74, 6) is -0.917. The van der Waals surface area contributed by atoms with Gasteiger partial charge < -0.3 is 24.6 Å². The highest BCUT2D eigenvalue weighted by molar-refractivity contribution is 7.47. The Labute approximate surface area is 368 Å². The fraction of sp³-hybridized carbons (Fsp3) is 0.878. The van der Waals surface area contributed by atoms with Gasteiger partial charge in [0.25, 0.3) is 0 Å². The topological polar surface area (TPSA) is 149 Å². The molecule has 0 aromatic carbocycles. The third-order valence-electron chi connectivity index (χ3n) is 10.9. The van der Waals surface area contributed by atoms with Gasteiger partial charge >= 0.3 is 19.8 Å². The summed E-state index contributed by atoms with van der Waals surface area (Å²) >= 11 is 0. The predicted octanol–water partition coefficient (Wildman–Crippen LogP) is 13.7. The Morgan fingerprint density at radius 2 is 0.867 bits per heavy atom. The van der Waals surface area contributed by atoms with Gasteiger partial charge in [-0.2, -0.15) is 0 Å². The molecule has 0 bridgehead atoms. The highest BCUT2D eigenvalue weighted by Crippen LogP contribution is 2.43. The van der Waals surface area contributed by atoms with Crippen molar-refractivity contribution in [2.24, 2.45) is 0 Å². The van der Waals surface area contributed by atoms with E-state index in [4.69, 9.17) is 23.6 Å². The van der Waals surface area contributed by atoms with E-state index in [1.165, 1.54) is 148 Å². The van der Waals surface area contributed by atoms with Gasteiger partial charge in [0.15, 0.2) is 6.10 Å². The van der Waals surface area contributed by atoms with Crippen molar-refractivity contribution in [1.82, 2.24) is 0 Å². The van der Waals surface area contributed by atoms with E-state index < -0.39 is 51.8 Å². The van der Waals surface area contributed by atoms with Crippen molar-refractivity contribution in [1.29, 1.82) is 0 Å². The van der Waals surface area contributed by atoms with Gasteiger partial charge in [0, 0.05) is 12.8 Å². The van der Waals surface area contributed by atoms with Gasteiger partial charge in [0.05, 0.1) is 19.8 Å². The van der Waals surface area contributed by atoms with Crippen molar-refractivity contribution in [2.75, 3.05) is 26.4 Å². The quantitative estimate of drug-likeness (QED) is 0.0233. The Bertz CT molecular complexity index is 1050. The van der Waals surface area contributed by atoms with Gasteiger partial charge in [-0.3, -0.25) is 18.6 Å². The second-order valence-electron chi connectivity index (χ2n) is 16.8. The first-order chi connectivity index (χ1) is 29.2. The molecule has 3 unspecified atom stereocenters. The monoisotopic (exact) mass is 873 g/mol. The number of ether oxygens (including phenoxy) is 2. The summed E-state index contributed by atoms with van der Waals surface area (Å²) in [4.78, 5) is 35.1. The Morgan fingerprint density at radius 3 is 1.32 bits per heavy atom. The molecule has 3 N–H and O–H groups in total. The fourth-order valence-electron chi connectivity index (χ4n) is 7.03. The van der Waals surface area contributed by atoms with Crippen molar-refractivity contribution < 1.29 is 47.8 Å². The lowest BCUT2D eigenvalue weighted by molar-refractivity contribution is -0.161. The summed E-state index contributed by atoms with van der Waals surface area (Å²) in [6.07, 6.45) is 47.1. The first-order valence-corrected chi connectivity index (χ1v) is 26.3. The van der Waals surface area contributed by atoms with E-state index in [0.717, 1.165) is 51.4 Å². The second-order valence-corrected chi connectivity index (χ2v) is 18.3. The fourth-order valence-corrected chi connectivity index (χ4v) is 7.82. The maximum atomic E-state index is 12.7. The molecular formula is C49H93O10P. The molecule has 0 fully saturated rings. The van der Waals surface area contributed by atoms with Crippen LogP contribution in [0.4, 0.5) is 0 Å². The summed E-state index contributed by atoms with van der Waals surface area (Å²) in [7, 11) is -4.62. The smallest absolute Gasteiger partial charge is 0.462 e. The number of phosphoric ester groups is 1. The standard InChI is InChI=1S/C49H93O10P/c1-3-5-7-9-11-13-15-17-19-21-23-25-27-29-31-33-35-37-39-41-49(53)59-47(45-58-60(54,55)57-43-46(51)42-50)44-56-48(52)40-38-36-34-32-30-28-26-24-22-20-18-16-14-12-10-8-6-4-2/h11,13,17,19,46-47,50-51H,3-10,12,14-16,18,20-45H2,1-2H3,(H,54,55)/b13-11-,19-17-. The van der Waals surface area contributed by atoms with E-state index in [9.17, 15) is 24.2 Å². The van der Waals surface area contributed by atoms with E-state index in [1.54, 1.807) is 0 Å². The minimum Gasteiger partial charge on any atom is -0.462 e. The summed E-state index contributed by atoms with van der Waals surface area (Å²) < 4.78 is 32.8. The maximum absolute atomic E-state index is 12.7. The molecule has 354 valence electrons. The molecule has 60 heavy (non-hydrogen) atoms. The Kier molecular flexibility index (Phi) is 44.3. The van der Waals surface area contributed by atoms with Crippen LogP contribution in [0.3, 0.4) is 0 Å². The van der Waals surface area contributed by atoms with Crippen LogP contribution in [0.2, 0.25) is 0 Å². The maximum Gasteiger partial charge on any atom is 0.472 e. The van der Waals surface area contributed by atoms with Crippen molar-refractivity contribution in [2.45, 2.75) is 251 Å². The number of unbranched alkanes of at least 4 members (excludes halogenated alkanes) is 29. The number of aliphatic hydroxyl groups is 2. The van der Waals surface area contributed by atoms with Crippen LogP contribution in [0.5, 0.6) is 0 Å². The summed E-state index contributed by atoms with van der Waals surface area (Å²) in [5.41, 5.74) is 0. The van der Waals surface area contributed by atoms with E-state index in [1.807, 2.05) is 0 Å². The Morgan fingerprint density at radius 1 is 0.500 bits per heavy atom. The highest BCUT2D eigenvalue weighted by atomic mass is 31.2. The number of rotatable bonds is 47. The van der Waals surface area contributed by atoms with Crippen molar-refractivity contribution >= 4 is 19.8 Å². The lowest BCUT2D eigenvalue weighted by Crippen LogP contribution is -2.29. The molecule has 0 amide bonds. The third kappa shape index (κ3) is 44.5. The predicted molar refractivity (Wildman–Crippen MR) is 247 cm³/mol. The molecule has 0 radical (unpaired) electrons. The van der Waals surface area contributed by atoms with Crippen LogP contribution in [0.25, 0.3) is 0 Å². The number of hydrogen-bond donors (Lipinski definition) is 3. The van der Waals surface area contributed by atoms with Gasteiger partial charge in [-0.05, 0) is 44.9 Å². The summed E-state index contributed by atoms with van der Waals surface area (Å²) in [6, 6.07) is 0. The molecule has 0 aromatic rings. The van der Waals surface area contributed by atoms with Gasteiger partial charge in [0.2, 0.25) is 0 Å². The highest BCUT2D eigenvalue weighted by Gasteiger charge is 2.27. The van der Waals surface area contributed by atoms with Gasteiger partial charge in [0.1, 0.15) is 12.7 Å². The lowest BCUT2D eigenvalue weighted by Gasteiger charge is -2.20. The molecule has 11 heteroatoms. The van der Waals surface area contributed by atoms with E-state index >= 15 is 0 Å². The number of carbonyl (C=O) groups is 2. The van der Waals surface area contributed by atoms with E-state index in [2.05, 4.69) is 38.2 Å². The largest absolute Gasteiger partial charge is 0.472 e. The zero-order chi connectivity index (χ0) is 44.0. The van der Waals surface area contributed by atoms with E-state index in [-0.39, 0.29) is 19.4 Å². The van der Waals surface area contributed by atoms with Gasteiger partial charge in [-0.15, -0.1) is 0 Å². The molecule has 0 rings (SSSR count). The average molecular weight is 873 g/mol. The number of esters is 2. The van der Waals surface area contributed by atoms with Crippen LogP contribution in [0.15, 0.2) is 24.3 Å². The number of carbonyl (C=O) groups excluding carboxylic acids is 2. The van der Waals surface area contributed by atoms with Crippen molar-refractivity contribution in [3.63, 3.8) is 0 Å². The number of phosphoric acid groups is 1. The molecule has 0 aromatic heterocycles. The summed E-state index contributed by atoms with van der Waals surface area (Å²) in [6.45, 7) is 2.40. The van der Waals surface area contributed by atoms with E-state index in [0.29, 0.717) is 12.8 Å². The van der Waals surface area contributed by atoms with Crippen LogP contribution in [0, 0.1) is 0 Å². The first-order valence-electron chi connectivity index (χ1n) is 24.8. The molecule has 0 heterocycles. The molecular weight excluding hydrogens is 780 g/mol. The first kappa shape index (κ1) is 58.5. The Balaban J connectivity index is 4.19. The molecule has 0 saturated carbocycles. The van der Waals surface area contributed by atoms with Crippen molar-refractivity contribution in [3.05, 3.63) is 24.3 Å². The SMILES string of the molecule is CCCCC/C=C\C/C=C\CCCCCCCCCCCC(=O)OC(COC(=O)CCCCCCCCCCCCCCCCCCCC)COP(=O)(O)OCC(O)CO. The minimum atomic E-state index is -4.62. The van der Waals surface area contributed by atoms with Crippen LogP contribution in [-0.4, -0.2) is 65.7 Å². The van der Waals surface area contributed by atoms with Gasteiger partial charge in [-0.1, -0.05) is 205 Å².